The van der Waals surface area contributed by atoms with Crippen molar-refractivity contribution in [2.24, 2.45) is 0 Å². The van der Waals surface area contributed by atoms with Gasteiger partial charge in [0.05, 0.1) is 0 Å². The SMILES string of the molecule is CCSC(C)(C=O)SCC. The van der Waals surface area contributed by atoms with Crippen molar-refractivity contribution in [3.8, 4) is 0 Å². The summed E-state index contributed by atoms with van der Waals surface area (Å²) in [6.45, 7) is 6.12. The smallest absolute Gasteiger partial charge is 0.145 e. The molecule has 10 heavy (non-hydrogen) atoms. The highest BCUT2D eigenvalue weighted by Crippen LogP contribution is 2.34. The quantitative estimate of drug-likeness (QED) is 0.475. The van der Waals surface area contributed by atoms with Gasteiger partial charge in [-0.15, -0.1) is 23.5 Å². The first-order valence-corrected chi connectivity index (χ1v) is 5.40. The second-order valence-electron chi connectivity index (χ2n) is 2.00. The van der Waals surface area contributed by atoms with Crippen molar-refractivity contribution in [1.29, 1.82) is 0 Å². The zero-order valence-corrected chi connectivity index (χ0v) is 8.35. The number of rotatable bonds is 5. The van der Waals surface area contributed by atoms with Gasteiger partial charge in [-0.05, 0) is 18.4 Å². The van der Waals surface area contributed by atoms with E-state index in [1.54, 1.807) is 23.5 Å². The second-order valence-corrected chi connectivity index (χ2v) is 5.69. The van der Waals surface area contributed by atoms with Gasteiger partial charge in [-0.1, -0.05) is 13.8 Å². The van der Waals surface area contributed by atoms with Gasteiger partial charge in [0.25, 0.3) is 0 Å². The molecule has 3 heteroatoms. The van der Waals surface area contributed by atoms with E-state index in [2.05, 4.69) is 13.8 Å². The van der Waals surface area contributed by atoms with Crippen LogP contribution in [-0.2, 0) is 4.79 Å². The van der Waals surface area contributed by atoms with Crippen molar-refractivity contribution in [2.45, 2.75) is 24.9 Å². The number of carbonyl (C=O) groups excluding carboxylic acids is 1. The molecule has 0 aliphatic heterocycles. The van der Waals surface area contributed by atoms with Gasteiger partial charge < -0.3 is 4.79 Å². The number of hydrogen-bond donors (Lipinski definition) is 0. The Morgan fingerprint density at radius 3 is 1.90 bits per heavy atom. The number of carbonyl (C=O) groups is 1. The first-order chi connectivity index (χ1) is 4.68. The summed E-state index contributed by atoms with van der Waals surface area (Å²) < 4.78 is -0.205. The van der Waals surface area contributed by atoms with Crippen molar-refractivity contribution >= 4 is 29.8 Å². The minimum atomic E-state index is -0.205. The van der Waals surface area contributed by atoms with Crippen LogP contribution in [0.3, 0.4) is 0 Å². The van der Waals surface area contributed by atoms with Crippen molar-refractivity contribution < 1.29 is 4.79 Å². The molecule has 0 aliphatic rings. The molecule has 0 aliphatic carbocycles. The monoisotopic (exact) mass is 178 g/mol. The zero-order chi connectivity index (χ0) is 8.04. The van der Waals surface area contributed by atoms with Crippen molar-refractivity contribution in [3.05, 3.63) is 0 Å². The van der Waals surface area contributed by atoms with Gasteiger partial charge in [0.1, 0.15) is 10.4 Å². The van der Waals surface area contributed by atoms with Crippen LogP contribution >= 0.6 is 23.5 Å². The largest absolute Gasteiger partial charge is 0.301 e. The van der Waals surface area contributed by atoms with Crippen molar-refractivity contribution in [1.82, 2.24) is 0 Å². The molecule has 0 saturated heterocycles. The lowest BCUT2D eigenvalue weighted by molar-refractivity contribution is -0.107. The average Bonchev–Trinajstić information content (AvgIpc) is 1.89. The Balaban J connectivity index is 3.81. The maximum Gasteiger partial charge on any atom is 0.145 e. The maximum absolute atomic E-state index is 10.6. The van der Waals surface area contributed by atoms with Gasteiger partial charge in [0, 0.05) is 0 Å². The predicted molar refractivity (Wildman–Crippen MR) is 50.7 cm³/mol. The summed E-state index contributed by atoms with van der Waals surface area (Å²) in [5.41, 5.74) is 0. The summed E-state index contributed by atoms with van der Waals surface area (Å²) in [7, 11) is 0. The van der Waals surface area contributed by atoms with E-state index in [-0.39, 0.29) is 4.08 Å². The van der Waals surface area contributed by atoms with Crippen LogP contribution in [0.15, 0.2) is 0 Å². The van der Waals surface area contributed by atoms with Crippen LogP contribution < -0.4 is 0 Å². The third kappa shape index (κ3) is 3.52. The fourth-order valence-electron chi connectivity index (χ4n) is 0.683. The summed E-state index contributed by atoms with van der Waals surface area (Å²) in [6.07, 6.45) is 1.04. The van der Waals surface area contributed by atoms with Crippen LogP contribution in [0.1, 0.15) is 20.8 Å². The van der Waals surface area contributed by atoms with Crippen LogP contribution in [0.2, 0.25) is 0 Å². The summed E-state index contributed by atoms with van der Waals surface area (Å²) >= 11 is 3.40. The van der Waals surface area contributed by atoms with E-state index in [1.807, 2.05) is 6.92 Å². The Morgan fingerprint density at radius 1 is 1.30 bits per heavy atom. The Kier molecular flexibility index (Phi) is 5.27. The Bertz CT molecular complexity index is 97.8. The second kappa shape index (κ2) is 5.08. The van der Waals surface area contributed by atoms with Crippen LogP contribution in [0.25, 0.3) is 0 Å². The lowest BCUT2D eigenvalue weighted by Gasteiger charge is -2.19. The van der Waals surface area contributed by atoms with E-state index in [0.29, 0.717) is 0 Å². The van der Waals surface area contributed by atoms with Gasteiger partial charge in [0.2, 0.25) is 0 Å². The summed E-state index contributed by atoms with van der Waals surface area (Å²) in [5.74, 6) is 2.00. The molecular formula is C7H14OS2. The highest BCUT2D eigenvalue weighted by atomic mass is 32.2. The molecule has 0 atom stereocenters. The van der Waals surface area contributed by atoms with Gasteiger partial charge >= 0.3 is 0 Å². The van der Waals surface area contributed by atoms with Gasteiger partial charge in [-0.2, -0.15) is 0 Å². The molecule has 0 aromatic heterocycles. The Morgan fingerprint density at radius 2 is 1.70 bits per heavy atom. The summed E-state index contributed by atoms with van der Waals surface area (Å²) in [5, 5.41) is 0. The lowest BCUT2D eigenvalue weighted by Crippen LogP contribution is -2.17. The highest BCUT2D eigenvalue weighted by Gasteiger charge is 2.22. The molecule has 1 nitrogen and oxygen atoms in total. The van der Waals surface area contributed by atoms with Gasteiger partial charge in [-0.3, -0.25) is 0 Å². The fourth-order valence-corrected chi connectivity index (χ4v) is 3.01. The molecule has 0 N–H and O–H groups in total. The summed E-state index contributed by atoms with van der Waals surface area (Å²) in [6, 6.07) is 0. The number of aldehydes is 1. The van der Waals surface area contributed by atoms with E-state index in [1.165, 1.54) is 0 Å². The Hall–Kier alpha value is 0.370. The normalized spacial score (nSPS) is 11.5. The van der Waals surface area contributed by atoms with E-state index < -0.39 is 0 Å². The third-order valence-electron chi connectivity index (χ3n) is 1.08. The highest BCUT2D eigenvalue weighted by molar-refractivity contribution is 8.19. The molecule has 0 fully saturated rings. The molecule has 0 saturated carbocycles. The minimum Gasteiger partial charge on any atom is -0.301 e. The van der Waals surface area contributed by atoms with Gasteiger partial charge in [0.15, 0.2) is 0 Å². The van der Waals surface area contributed by atoms with Crippen LogP contribution in [0.4, 0.5) is 0 Å². The number of hydrogen-bond acceptors (Lipinski definition) is 3. The Labute approximate surface area is 71.3 Å². The van der Waals surface area contributed by atoms with Crippen LogP contribution in [0.5, 0.6) is 0 Å². The average molecular weight is 178 g/mol. The van der Waals surface area contributed by atoms with Gasteiger partial charge in [-0.25, -0.2) is 0 Å². The first kappa shape index (κ1) is 10.4. The molecule has 0 bridgehead atoms. The minimum absolute atomic E-state index is 0.205. The van der Waals surface area contributed by atoms with Crippen LogP contribution in [0, 0.1) is 0 Å². The van der Waals surface area contributed by atoms with E-state index in [0.717, 1.165) is 17.8 Å². The molecule has 0 aromatic carbocycles. The van der Waals surface area contributed by atoms with Crippen molar-refractivity contribution in [3.63, 3.8) is 0 Å². The molecule has 60 valence electrons. The maximum atomic E-state index is 10.6. The topological polar surface area (TPSA) is 17.1 Å². The molecule has 0 amide bonds. The predicted octanol–water partition coefficient (Wildman–Crippen LogP) is 2.41. The fraction of sp³-hybridized carbons (Fsp3) is 0.857. The molecule has 0 spiro atoms. The van der Waals surface area contributed by atoms with E-state index in [9.17, 15) is 4.79 Å². The molecule has 0 unspecified atom stereocenters. The van der Waals surface area contributed by atoms with E-state index >= 15 is 0 Å². The molecule has 0 radical (unpaired) electrons. The lowest BCUT2D eigenvalue weighted by atomic mass is 10.5. The summed E-state index contributed by atoms with van der Waals surface area (Å²) in [4.78, 5) is 10.6. The molecule has 0 heterocycles. The zero-order valence-electron chi connectivity index (χ0n) is 6.72. The van der Waals surface area contributed by atoms with Crippen LogP contribution in [-0.4, -0.2) is 21.9 Å². The molecular weight excluding hydrogens is 164 g/mol. The third-order valence-corrected chi connectivity index (χ3v) is 3.70. The first-order valence-electron chi connectivity index (χ1n) is 3.42. The standard InChI is InChI=1S/C7H14OS2/c1-4-9-7(3,6-8)10-5-2/h6H,4-5H2,1-3H3. The van der Waals surface area contributed by atoms with Crippen molar-refractivity contribution in [2.75, 3.05) is 11.5 Å². The molecule has 0 aromatic rings. The van der Waals surface area contributed by atoms with E-state index in [4.69, 9.17) is 0 Å². The molecule has 0 rings (SSSR count). The number of thioether (sulfide) groups is 2.